The molecule has 0 radical (unpaired) electrons. The van der Waals surface area contributed by atoms with Crippen LogP contribution in [0.15, 0.2) is 0 Å². The third-order valence-corrected chi connectivity index (χ3v) is 2.01. The Morgan fingerprint density at radius 3 is 2.25 bits per heavy atom. The molecule has 0 heterocycles. The minimum Gasteiger partial charge on any atom is -0.210 e. The molecule has 0 N–H and O–H groups in total. The molecule has 0 aromatic heterocycles. The molecule has 0 bridgehead atoms. The third-order valence-electron chi connectivity index (χ3n) is 0.224. The van der Waals surface area contributed by atoms with Crippen molar-refractivity contribution in [2.75, 3.05) is 0 Å². The minimum absolute atomic E-state index is 0.119. The summed E-state index contributed by atoms with van der Waals surface area (Å²) in [7, 11) is 0.119. The lowest BCUT2D eigenvalue weighted by Gasteiger charge is -1.65. The normalized spacial score (nSPS) is 10.5. The molecule has 0 spiro atoms. The van der Waals surface area contributed by atoms with Crippen LogP contribution in [0.2, 0.25) is 6.04 Å². The van der Waals surface area contributed by atoms with Crippen molar-refractivity contribution in [2.45, 2.75) is 13.0 Å². The molecule has 0 saturated carbocycles. The van der Waals surface area contributed by atoms with Crippen molar-refractivity contribution in [3.8, 4) is 0 Å². The predicted octanol–water partition coefficient (Wildman–Crippen LogP) is 0.438. The minimum atomic E-state index is 0.119. The van der Waals surface area contributed by atoms with Crippen molar-refractivity contribution >= 4 is 20.7 Å². The van der Waals surface area contributed by atoms with E-state index in [4.69, 9.17) is 0 Å². The predicted molar refractivity (Wildman–Crippen MR) is 28.0 cm³/mol. The van der Waals surface area contributed by atoms with Crippen LogP contribution in [-0.4, -0.2) is 8.67 Å². The zero-order chi connectivity index (χ0) is 3.41. The molecular formula is C2H8SSi. The molecule has 2 heteroatoms. The topological polar surface area (TPSA) is 0 Å². The van der Waals surface area contributed by atoms with Gasteiger partial charge in [0.05, 0.1) is 8.67 Å². The van der Waals surface area contributed by atoms with Crippen molar-refractivity contribution in [1.29, 1.82) is 0 Å². The van der Waals surface area contributed by atoms with Gasteiger partial charge in [0.2, 0.25) is 0 Å². The first-order chi connectivity index (χ1) is 1.91. The van der Waals surface area contributed by atoms with E-state index < -0.39 is 0 Å². The van der Waals surface area contributed by atoms with Gasteiger partial charge in [-0.25, -0.2) is 12.1 Å². The molecule has 0 amide bonds. The fourth-order valence-electron chi connectivity index (χ4n) is 0. The summed E-state index contributed by atoms with van der Waals surface area (Å²) in [5, 5.41) is 0. The van der Waals surface area contributed by atoms with Gasteiger partial charge in [0.1, 0.15) is 0 Å². The highest BCUT2D eigenvalue weighted by atomic mass is 32.3. The van der Waals surface area contributed by atoms with E-state index in [0.29, 0.717) is 0 Å². The summed E-state index contributed by atoms with van der Waals surface area (Å²) < 4.78 is 0. The van der Waals surface area contributed by atoms with Gasteiger partial charge in [-0.1, -0.05) is 13.0 Å². The van der Waals surface area contributed by atoms with Crippen molar-refractivity contribution in [3.05, 3.63) is 0 Å². The van der Waals surface area contributed by atoms with Crippen LogP contribution in [0.1, 0.15) is 6.92 Å². The van der Waals surface area contributed by atoms with Gasteiger partial charge in [-0.15, -0.1) is 0 Å². The van der Waals surface area contributed by atoms with Crippen molar-refractivity contribution < 1.29 is 0 Å². The first-order valence-corrected chi connectivity index (χ1v) is 5.05. The van der Waals surface area contributed by atoms with Crippen LogP contribution in [0.4, 0.5) is 0 Å². The molecule has 0 saturated heterocycles. The summed E-state index contributed by atoms with van der Waals surface area (Å²) in [6, 6.07) is 1.32. The van der Waals surface area contributed by atoms with Crippen LogP contribution in [-0.2, 0) is 0 Å². The van der Waals surface area contributed by atoms with E-state index in [2.05, 4.69) is 19.0 Å². The first-order valence-electron chi connectivity index (χ1n) is 1.52. The van der Waals surface area contributed by atoms with E-state index in [-0.39, 0.29) is 8.67 Å². The molecular weight excluding hydrogens is 84.2 g/mol. The summed E-state index contributed by atoms with van der Waals surface area (Å²) in [6.07, 6.45) is 0. The Morgan fingerprint density at radius 1 is 2.00 bits per heavy atom. The molecule has 0 unspecified atom stereocenters. The van der Waals surface area contributed by atoms with Crippen molar-refractivity contribution in [2.24, 2.45) is 0 Å². The molecule has 0 aromatic carbocycles. The van der Waals surface area contributed by atoms with Gasteiger partial charge in [-0.2, -0.15) is 0 Å². The summed E-state index contributed by atoms with van der Waals surface area (Å²) in [6.45, 7) is 2.17. The maximum absolute atomic E-state index is 4.06. The van der Waals surface area contributed by atoms with Gasteiger partial charge in [-0.3, -0.25) is 0 Å². The Hall–Kier alpha value is 0.567. The van der Waals surface area contributed by atoms with E-state index in [1.54, 1.807) is 0 Å². The Kier molecular flexibility index (Phi) is 4.07. The molecule has 0 aliphatic carbocycles. The van der Waals surface area contributed by atoms with Crippen LogP contribution in [0, 0.1) is 0 Å². The lowest BCUT2D eigenvalue weighted by molar-refractivity contribution is 1.48. The van der Waals surface area contributed by atoms with Crippen LogP contribution in [0.5, 0.6) is 0 Å². The maximum Gasteiger partial charge on any atom is 0.0810 e. The monoisotopic (exact) mass is 92.0 g/mol. The molecule has 0 nitrogen and oxygen atoms in total. The zero-order valence-corrected chi connectivity index (χ0v) is 5.17. The SMILES string of the molecule is CC[SiH2]S. The standard InChI is InChI=1S/C2H8SSi/c1-2-4-3/h3H,2,4H2,1H3. The average Bonchev–Trinajstić information content (AvgIpc) is 1.37. The third kappa shape index (κ3) is 2.57. The quantitative estimate of drug-likeness (QED) is 0.352. The smallest absolute Gasteiger partial charge is 0.0810 e. The van der Waals surface area contributed by atoms with Gasteiger partial charge in [0.25, 0.3) is 0 Å². The Bertz CT molecular complexity index is 8.00. The van der Waals surface area contributed by atoms with E-state index in [0.717, 1.165) is 0 Å². The lowest BCUT2D eigenvalue weighted by Crippen LogP contribution is -1.61. The van der Waals surface area contributed by atoms with Gasteiger partial charge in [0, 0.05) is 0 Å². The Labute approximate surface area is 34.5 Å². The fourth-order valence-corrected chi connectivity index (χ4v) is 0. The van der Waals surface area contributed by atoms with Crippen LogP contribution >= 0.6 is 12.1 Å². The second-order valence-electron chi connectivity index (χ2n) is 0.724. The van der Waals surface area contributed by atoms with E-state index in [1.807, 2.05) is 0 Å². The van der Waals surface area contributed by atoms with Crippen LogP contribution in [0.25, 0.3) is 0 Å². The van der Waals surface area contributed by atoms with Gasteiger partial charge in [-0.05, 0) is 0 Å². The first kappa shape index (κ1) is 4.57. The highest BCUT2D eigenvalue weighted by Gasteiger charge is 1.59. The molecule has 4 heavy (non-hydrogen) atoms. The number of rotatable bonds is 1. The van der Waals surface area contributed by atoms with Crippen molar-refractivity contribution in [1.82, 2.24) is 0 Å². The Morgan fingerprint density at radius 2 is 2.25 bits per heavy atom. The van der Waals surface area contributed by atoms with Gasteiger partial charge in [0.15, 0.2) is 0 Å². The highest BCUT2D eigenvalue weighted by molar-refractivity contribution is 8.06. The number of hydrogen-bond donors (Lipinski definition) is 1. The fraction of sp³-hybridized carbons (Fsp3) is 1.00. The van der Waals surface area contributed by atoms with Gasteiger partial charge >= 0.3 is 0 Å². The molecule has 0 rings (SSSR count). The van der Waals surface area contributed by atoms with E-state index in [9.17, 15) is 0 Å². The summed E-state index contributed by atoms with van der Waals surface area (Å²) in [4.78, 5) is 0. The van der Waals surface area contributed by atoms with E-state index >= 15 is 0 Å². The molecule has 0 aliphatic heterocycles. The second-order valence-corrected chi connectivity index (χ2v) is 3.51. The molecule has 0 aliphatic rings. The molecule has 0 aromatic rings. The molecule has 0 atom stereocenters. The van der Waals surface area contributed by atoms with Crippen LogP contribution in [0.3, 0.4) is 0 Å². The summed E-state index contributed by atoms with van der Waals surface area (Å²) in [5.41, 5.74) is 0. The van der Waals surface area contributed by atoms with Gasteiger partial charge < -0.3 is 0 Å². The number of hydrogen-bond acceptors (Lipinski definition) is 1. The average molecular weight is 92.2 g/mol. The zero-order valence-electron chi connectivity index (χ0n) is 2.86. The lowest BCUT2D eigenvalue weighted by atomic mass is 11.0. The maximum atomic E-state index is 4.06. The summed E-state index contributed by atoms with van der Waals surface area (Å²) in [5.74, 6) is 0. The second kappa shape index (κ2) is 3.57. The van der Waals surface area contributed by atoms with Crippen LogP contribution < -0.4 is 0 Å². The van der Waals surface area contributed by atoms with Crippen molar-refractivity contribution in [3.63, 3.8) is 0 Å². The van der Waals surface area contributed by atoms with E-state index in [1.165, 1.54) is 6.04 Å². The highest BCUT2D eigenvalue weighted by Crippen LogP contribution is 1.72. The molecule has 0 fully saturated rings. The summed E-state index contributed by atoms with van der Waals surface area (Å²) >= 11 is 4.06. The molecule has 26 valence electrons. The number of thiol groups is 1. The largest absolute Gasteiger partial charge is 0.210 e. The Balaban J connectivity index is 1.97.